The van der Waals surface area contributed by atoms with E-state index in [1.54, 1.807) is 12.2 Å². The maximum Gasteiger partial charge on any atom is 0.237 e. The van der Waals surface area contributed by atoms with Crippen molar-refractivity contribution >= 4 is 27.7 Å². The Kier molecular flexibility index (Phi) is 2.89. The number of likely N-dealkylation sites (tertiary alicyclic amines) is 1. The van der Waals surface area contributed by atoms with Gasteiger partial charge in [0, 0.05) is 0 Å². The highest BCUT2D eigenvalue weighted by Gasteiger charge is 2.72. The summed E-state index contributed by atoms with van der Waals surface area (Å²) in [4.78, 5) is 26.8. The van der Waals surface area contributed by atoms with Crippen LogP contribution < -0.4 is 0 Å². The van der Waals surface area contributed by atoms with E-state index in [9.17, 15) is 14.7 Å². The Bertz CT molecular complexity index is 691. The summed E-state index contributed by atoms with van der Waals surface area (Å²) in [6, 6.07) is 9.39. The summed E-state index contributed by atoms with van der Waals surface area (Å²) in [7, 11) is 0. The number of amides is 2. The van der Waals surface area contributed by atoms with Crippen LogP contribution in [0, 0.1) is 11.8 Å². The number of carbonyl (C=O) groups is 2. The van der Waals surface area contributed by atoms with Gasteiger partial charge in [-0.15, -0.1) is 0 Å². The summed E-state index contributed by atoms with van der Waals surface area (Å²) in [5, 5.41) is 9.71. The molecule has 1 aromatic rings. The molecule has 3 heterocycles. The summed E-state index contributed by atoms with van der Waals surface area (Å²) < 4.78 is 4.80. The van der Waals surface area contributed by atoms with Crippen LogP contribution in [-0.2, 0) is 20.9 Å². The lowest BCUT2D eigenvalue weighted by Gasteiger charge is -2.26. The highest BCUT2D eigenvalue weighted by molar-refractivity contribution is 9.10. The van der Waals surface area contributed by atoms with E-state index in [0.29, 0.717) is 0 Å². The van der Waals surface area contributed by atoms with Crippen molar-refractivity contribution in [2.75, 3.05) is 6.61 Å². The molecule has 22 heavy (non-hydrogen) atoms. The lowest BCUT2D eigenvalue weighted by Crippen LogP contribution is -2.43. The van der Waals surface area contributed by atoms with Crippen molar-refractivity contribution < 1.29 is 19.4 Å². The van der Waals surface area contributed by atoms with Gasteiger partial charge >= 0.3 is 0 Å². The molecule has 2 fully saturated rings. The van der Waals surface area contributed by atoms with Crippen molar-refractivity contribution in [3.05, 3.63) is 48.0 Å². The van der Waals surface area contributed by atoms with Crippen LogP contribution in [0.15, 0.2) is 42.5 Å². The topological polar surface area (TPSA) is 66.8 Å². The minimum Gasteiger partial charge on any atom is -0.393 e. The Hall–Kier alpha value is -1.50. The number of nitrogens with zero attached hydrogens (tertiary/aromatic N) is 1. The third-order valence-electron chi connectivity index (χ3n) is 4.72. The molecule has 4 atom stereocenters. The van der Waals surface area contributed by atoms with E-state index in [1.165, 1.54) is 4.90 Å². The molecule has 5 nitrogen and oxygen atoms in total. The lowest BCUT2D eigenvalue weighted by atomic mass is 9.77. The Balaban J connectivity index is 1.70. The molecule has 1 N–H and O–H groups in total. The Labute approximate surface area is 135 Å². The minimum absolute atomic E-state index is 0.246. The molecular formula is C16H14BrNO4. The third kappa shape index (κ3) is 1.66. The number of hydrogen-bond donors (Lipinski definition) is 1. The van der Waals surface area contributed by atoms with E-state index >= 15 is 0 Å². The molecule has 2 amide bonds. The van der Waals surface area contributed by atoms with Crippen molar-refractivity contribution in [1.82, 2.24) is 4.90 Å². The molecule has 1 aromatic carbocycles. The summed E-state index contributed by atoms with van der Waals surface area (Å²) in [6.07, 6.45) is 3.42. The van der Waals surface area contributed by atoms with Gasteiger partial charge in [0.05, 0.1) is 25.0 Å². The maximum absolute atomic E-state index is 12.8. The first-order valence-electron chi connectivity index (χ1n) is 7.10. The quantitative estimate of drug-likeness (QED) is 0.498. The number of benzene rings is 1. The molecule has 0 saturated carbocycles. The fourth-order valence-corrected chi connectivity index (χ4v) is 4.56. The van der Waals surface area contributed by atoms with Gasteiger partial charge in [-0.2, -0.15) is 0 Å². The van der Waals surface area contributed by atoms with Crippen LogP contribution in [-0.4, -0.2) is 38.5 Å². The Morgan fingerprint density at radius 3 is 2.50 bits per heavy atom. The highest BCUT2D eigenvalue weighted by Crippen LogP contribution is 2.59. The molecule has 6 heteroatoms. The molecule has 0 spiro atoms. The van der Waals surface area contributed by atoms with Crippen LogP contribution in [0.3, 0.4) is 0 Å². The third-order valence-corrected chi connectivity index (χ3v) is 5.64. The van der Waals surface area contributed by atoms with Gasteiger partial charge in [0.1, 0.15) is 5.60 Å². The van der Waals surface area contributed by atoms with Crippen LogP contribution in [0.2, 0.25) is 0 Å². The zero-order valence-corrected chi connectivity index (χ0v) is 13.2. The molecule has 2 saturated heterocycles. The van der Waals surface area contributed by atoms with E-state index in [1.807, 2.05) is 30.3 Å². The van der Waals surface area contributed by atoms with Crippen LogP contribution in [0.1, 0.15) is 5.56 Å². The predicted molar refractivity (Wildman–Crippen MR) is 80.7 cm³/mol. The van der Waals surface area contributed by atoms with Crippen LogP contribution >= 0.6 is 15.9 Å². The number of carbonyl (C=O) groups excluding carboxylic acids is 2. The van der Waals surface area contributed by atoms with E-state index < -0.39 is 21.9 Å². The van der Waals surface area contributed by atoms with Gasteiger partial charge in [-0.1, -0.05) is 30.3 Å². The first kappa shape index (κ1) is 14.1. The maximum atomic E-state index is 12.8. The zero-order valence-electron chi connectivity index (χ0n) is 11.6. The number of ether oxygens (including phenoxy) is 1. The first-order valence-corrected chi connectivity index (χ1v) is 7.89. The van der Waals surface area contributed by atoms with Crippen LogP contribution in [0.25, 0.3) is 0 Å². The smallest absolute Gasteiger partial charge is 0.237 e. The zero-order chi connectivity index (χ0) is 15.5. The number of aliphatic hydroxyl groups is 1. The van der Waals surface area contributed by atoms with E-state index in [0.717, 1.165) is 5.56 Å². The second-order valence-electron chi connectivity index (χ2n) is 5.95. The van der Waals surface area contributed by atoms with Gasteiger partial charge in [-0.25, -0.2) is 0 Å². The van der Waals surface area contributed by atoms with Gasteiger partial charge < -0.3 is 9.84 Å². The van der Waals surface area contributed by atoms with Crippen molar-refractivity contribution in [2.24, 2.45) is 11.8 Å². The van der Waals surface area contributed by atoms with E-state index in [4.69, 9.17) is 4.74 Å². The fraction of sp³-hybridized carbons (Fsp3) is 0.375. The van der Waals surface area contributed by atoms with E-state index in [2.05, 4.69) is 15.9 Å². The first-order chi connectivity index (χ1) is 10.5. The summed E-state index contributed by atoms with van der Waals surface area (Å²) in [6.45, 7) is -0.0771. The Morgan fingerprint density at radius 1 is 1.14 bits per heavy atom. The molecule has 3 aliphatic heterocycles. The van der Waals surface area contributed by atoms with Gasteiger partial charge in [0.15, 0.2) is 4.51 Å². The fourth-order valence-electron chi connectivity index (χ4n) is 3.67. The molecule has 0 radical (unpaired) electrons. The van der Waals surface area contributed by atoms with Crippen molar-refractivity contribution in [2.45, 2.75) is 16.7 Å². The van der Waals surface area contributed by atoms with Crippen LogP contribution in [0.4, 0.5) is 0 Å². The van der Waals surface area contributed by atoms with Gasteiger partial charge in [-0.3, -0.25) is 14.5 Å². The summed E-state index contributed by atoms with van der Waals surface area (Å²) in [5.74, 6) is -1.83. The second-order valence-corrected chi connectivity index (χ2v) is 7.19. The SMILES string of the molecule is O=C1[C@@H]2[C@H](C(=O)N1Cc1ccccc1)[C@@]1(Br)C=C[C@@]2(CO)O1. The largest absolute Gasteiger partial charge is 0.393 e. The number of imide groups is 1. The number of aliphatic hydroxyl groups excluding tert-OH is 1. The van der Waals surface area contributed by atoms with Crippen molar-refractivity contribution in [3.63, 3.8) is 0 Å². The molecule has 0 aromatic heterocycles. The molecule has 0 unspecified atom stereocenters. The standard InChI is InChI=1S/C16H14BrNO4/c17-16-7-6-15(9-19,22-16)11-12(16)14(21)18(13(11)20)8-10-4-2-1-3-5-10/h1-7,11-12,19H,8-9H2/t11-,12+,15-,16+/m0/s1. The molecule has 0 aliphatic carbocycles. The number of fused-ring (bicyclic) bond motifs is 5. The highest BCUT2D eigenvalue weighted by atomic mass is 79.9. The monoisotopic (exact) mass is 363 g/mol. The van der Waals surface area contributed by atoms with Crippen molar-refractivity contribution in [1.29, 1.82) is 0 Å². The Morgan fingerprint density at radius 2 is 1.82 bits per heavy atom. The van der Waals surface area contributed by atoms with Gasteiger partial charge in [0.2, 0.25) is 11.8 Å². The average Bonchev–Trinajstić information content (AvgIpc) is 3.10. The van der Waals surface area contributed by atoms with Gasteiger partial charge in [-0.05, 0) is 33.6 Å². The number of hydrogen-bond acceptors (Lipinski definition) is 4. The van der Waals surface area contributed by atoms with Gasteiger partial charge in [0.25, 0.3) is 0 Å². The summed E-state index contributed by atoms with van der Waals surface area (Å²) in [5.41, 5.74) is -0.195. The normalized spacial score (nSPS) is 38.9. The molecule has 2 bridgehead atoms. The van der Waals surface area contributed by atoms with E-state index in [-0.39, 0.29) is 25.0 Å². The molecule has 114 valence electrons. The minimum atomic E-state index is -1.09. The number of alkyl halides is 1. The van der Waals surface area contributed by atoms with Crippen molar-refractivity contribution in [3.8, 4) is 0 Å². The lowest BCUT2D eigenvalue weighted by molar-refractivity contribution is -0.146. The molecular weight excluding hydrogens is 350 g/mol. The predicted octanol–water partition coefficient (Wildman–Crippen LogP) is 1.21. The van der Waals surface area contributed by atoms with Crippen LogP contribution in [0.5, 0.6) is 0 Å². The summed E-state index contributed by atoms with van der Waals surface area (Å²) >= 11 is 3.43. The second kappa shape index (κ2) is 4.50. The number of halogens is 1. The molecule has 4 rings (SSSR count). The number of rotatable bonds is 3. The molecule has 3 aliphatic rings. The average molecular weight is 364 g/mol.